The summed E-state index contributed by atoms with van der Waals surface area (Å²) >= 11 is 0. The largest absolute Gasteiger partial charge is 0.457 e. The van der Waals surface area contributed by atoms with Crippen molar-refractivity contribution in [2.75, 3.05) is 13.2 Å². The molecule has 2 aliphatic rings. The monoisotopic (exact) mass is 216 g/mol. The zero-order valence-corrected chi connectivity index (χ0v) is 8.88. The number of aliphatic hydroxyl groups is 1. The summed E-state index contributed by atoms with van der Waals surface area (Å²) in [5.41, 5.74) is 0. The molecule has 2 saturated heterocycles. The van der Waals surface area contributed by atoms with Crippen molar-refractivity contribution in [3.63, 3.8) is 0 Å². The van der Waals surface area contributed by atoms with E-state index in [4.69, 9.17) is 14.2 Å². The first-order valence-electron chi connectivity index (χ1n) is 5.21. The summed E-state index contributed by atoms with van der Waals surface area (Å²) in [4.78, 5) is 11.4. The molecular weight excluding hydrogens is 200 g/mol. The van der Waals surface area contributed by atoms with Crippen LogP contribution in [0.15, 0.2) is 0 Å². The number of carbonyl (C=O) groups excluding carboxylic acids is 1. The van der Waals surface area contributed by atoms with E-state index in [2.05, 4.69) is 0 Å². The molecule has 0 aromatic rings. The Morgan fingerprint density at radius 3 is 2.67 bits per heavy atom. The van der Waals surface area contributed by atoms with Crippen LogP contribution in [0.5, 0.6) is 0 Å². The van der Waals surface area contributed by atoms with Crippen LogP contribution in [0.4, 0.5) is 0 Å². The fraction of sp³-hybridized carbons (Fsp3) is 0.900. The number of esters is 1. The zero-order chi connectivity index (χ0) is 11.0. The molecule has 4 atom stereocenters. The minimum Gasteiger partial charge on any atom is -0.457 e. The smallest absolute Gasteiger partial charge is 0.308 e. The van der Waals surface area contributed by atoms with Gasteiger partial charge in [-0.05, 0) is 0 Å². The summed E-state index contributed by atoms with van der Waals surface area (Å²) in [6.07, 6.45) is -1.61. The molecule has 0 aliphatic carbocycles. The first kappa shape index (κ1) is 10.9. The Balaban J connectivity index is 1.93. The fourth-order valence-corrected chi connectivity index (χ4v) is 1.83. The topological polar surface area (TPSA) is 65.0 Å². The Morgan fingerprint density at radius 2 is 2.00 bits per heavy atom. The van der Waals surface area contributed by atoms with Gasteiger partial charge in [0, 0.05) is 0 Å². The van der Waals surface area contributed by atoms with E-state index in [1.54, 1.807) is 13.8 Å². The highest BCUT2D eigenvalue weighted by Crippen LogP contribution is 2.29. The van der Waals surface area contributed by atoms with Gasteiger partial charge in [0.25, 0.3) is 0 Å². The van der Waals surface area contributed by atoms with Gasteiger partial charge in [0.05, 0.1) is 19.1 Å². The summed E-state index contributed by atoms with van der Waals surface area (Å²) in [5, 5.41) is 9.47. The molecule has 86 valence electrons. The quantitative estimate of drug-likeness (QED) is 0.643. The number of aliphatic hydroxyl groups excluding tert-OH is 1. The van der Waals surface area contributed by atoms with E-state index in [-0.39, 0.29) is 36.8 Å². The van der Waals surface area contributed by atoms with E-state index in [0.29, 0.717) is 6.61 Å². The second-order valence-corrected chi connectivity index (χ2v) is 4.29. The maximum atomic E-state index is 11.4. The Morgan fingerprint density at radius 1 is 1.33 bits per heavy atom. The number of carbonyl (C=O) groups is 1. The number of hydrogen-bond donors (Lipinski definition) is 1. The molecule has 2 rings (SSSR count). The van der Waals surface area contributed by atoms with Crippen molar-refractivity contribution in [2.24, 2.45) is 5.92 Å². The summed E-state index contributed by atoms with van der Waals surface area (Å²) in [6, 6.07) is 0. The van der Waals surface area contributed by atoms with Crippen molar-refractivity contribution in [3.05, 3.63) is 0 Å². The van der Waals surface area contributed by atoms with Crippen LogP contribution in [0.3, 0.4) is 0 Å². The third-order valence-electron chi connectivity index (χ3n) is 2.72. The van der Waals surface area contributed by atoms with Crippen LogP contribution in [0.2, 0.25) is 0 Å². The Labute approximate surface area is 88.3 Å². The SMILES string of the molecule is CC(C)C(=O)O[C@@H]1CO[C@H]2[C@@H]1OC[C@@H]2O. The molecule has 5 heteroatoms. The Kier molecular flexibility index (Phi) is 2.95. The summed E-state index contributed by atoms with van der Waals surface area (Å²) in [6.45, 7) is 4.12. The van der Waals surface area contributed by atoms with Gasteiger partial charge in [0.2, 0.25) is 0 Å². The van der Waals surface area contributed by atoms with Gasteiger partial charge >= 0.3 is 5.97 Å². The van der Waals surface area contributed by atoms with Crippen molar-refractivity contribution >= 4 is 5.97 Å². The predicted octanol–water partition coefficient (Wildman–Crippen LogP) is -0.287. The molecule has 15 heavy (non-hydrogen) atoms. The van der Waals surface area contributed by atoms with Gasteiger partial charge in [-0.2, -0.15) is 0 Å². The van der Waals surface area contributed by atoms with Crippen molar-refractivity contribution < 1.29 is 24.1 Å². The van der Waals surface area contributed by atoms with E-state index in [0.717, 1.165) is 0 Å². The standard InChI is InChI=1S/C10H16O5/c1-5(2)10(12)15-7-4-14-8-6(11)3-13-9(7)8/h5-9,11H,3-4H2,1-2H3/t6-,7+,8+,9+/m0/s1. The third-order valence-corrected chi connectivity index (χ3v) is 2.72. The molecule has 5 nitrogen and oxygen atoms in total. The van der Waals surface area contributed by atoms with Crippen LogP contribution >= 0.6 is 0 Å². The summed E-state index contributed by atoms with van der Waals surface area (Å²) < 4.78 is 15.9. The molecule has 0 amide bonds. The van der Waals surface area contributed by atoms with Gasteiger partial charge < -0.3 is 19.3 Å². The van der Waals surface area contributed by atoms with Crippen LogP contribution in [-0.4, -0.2) is 48.7 Å². The minimum absolute atomic E-state index is 0.157. The normalized spacial score (nSPS) is 39.5. The lowest BCUT2D eigenvalue weighted by Gasteiger charge is -2.17. The molecule has 0 bridgehead atoms. The van der Waals surface area contributed by atoms with E-state index >= 15 is 0 Å². The molecular formula is C10H16O5. The predicted molar refractivity (Wildman–Crippen MR) is 50.2 cm³/mol. The molecule has 0 aromatic heterocycles. The van der Waals surface area contributed by atoms with E-state index in [1.807, 2.05) is 0 Å². The number of ether oxygens (including phenoxy) is 3. The molecule has 2 fully saturated rings. The molecule has 0 aromatic carbocycles. The van der Waals surface area contributed by atoms with Crippen LogP contribution in [-0.2, 0) is 19.0 Å². The van der Waals surface area contributed by atoms with Gasteiger partial charge in [-0.15, -0.1) is 0 Å². The summed E-state index contributed by atoms with van der Waals surface area (Å²) in [7, 11) is 0. The zero-order valence-electron chi connectivity index (χ0n) is 8.88. The van der Waals surface area contributed by atoms with Gasteiger partial charge in [-0.3, -0.25) is 4.79 Å². The lowest BCUT2D eigenvalue weighted by Crippen LogP contribution is -2.35. The highest BCUT2D eigenvalue weighted by Gasteiger charge is 2.48. The van der Waals surface area contributed by atoms with Gasteiger partial charge in [0.15, 0.2) is 6.10 Å². The second-order valence-electron chi connectivity index (χ2n) is 4.29. The first-order valence-corrected chi connectivity index (χ1v) is 5.21. The highest BCUT2D eigenvalue weighted by atomic mass is 16.6. The van der Waals surface area contributed by atoms with Crippen LogP contribution < -0.4 is 0 Å². The minimum atomic E-state index is -0.599. The van der Waals surface area contributed by atoms with E-state index in [9.17, 15) is 9.90 Å². The lowest BCUT2D eigenvalue weighted by atomic mass is 10.1. The maximum absolute atomic E-state index is 11.4. The van der Waals surface area contributed by atoms with Gasteiger partial charge in [0.1, 0.15) is 18.3 Å². The van der Waals surface area contributed by atoms with Gasteiger partial charge in [-0.25, -0.2) is 0 Å². The Hall–Kier alpha value is -0.650. The highest BCUT2D eigenvalue weighted by molar-refractivity contribution is 5.71. The van der Waals surface area contributed by atoms with Crippen LogP contribution in [0, 0.1) is 5.92 Å². The summed E-state index contributed by atoms with van der Waals surface area (Å²) in [5.74, 6) is -0.412. The molecule has 0 spiro atoms. The van der Waals surface area contributed by atoms with E-state index in [1.165, 1.54) is 0 Å². The molecule has 0 saturated carbocycles. The van der Waals surface area contributed by atoms with Crippen molar-refractivity contribution in [1.29, 1.82) is 0 Å². The molecule has 0 unspecified atom stereocenters. The van der Waals surface area contributed by atoms with Gasteiger partial charge in [-0.1, -0.05) is 13.8 Å². The average molecular weight is 216 g/mol. The van der Waals surface area contributed by atoms with Crippen molar-refractivity contribution in [3.8, 4) is 0 Å². The lowest BCUT2D eigenvalue weighted by molar-refractivity contribution is -0.157. The molecule has 2 aliphatic heterocycles. The first-order chi connectivity index (χ1) is 7.09. The molecule has 1 N–H and O–H groups in total. The van der Waals surface area contributed by atoms with Crippen LogP contribution in [0.1, 0.15) is 13.8 Å². The van der Waals surface area contributed by atoms with Crippen LogP contribution in [0.25, 0.3) is 0 Å². The number of fused-ring (bicyclic) bond motifs is 1. The second kappa shape index (κ2) is 4.08. The Bertz CT molecular complexity index is 252. The molecule has 0 radical (unpaired) electrons. The number of hydrogen-bond acceptors (Lipinski definition) is 5. The van der Waals surface area contributed by atoms with Crippen molar-refractivity contribution in [2.45, 2.75) is 38.3 Å². The molecule has 2 heterocycles. The fourth-order valence-electron chi connectivity index (χ4n) is 1.83. The third kappa shape index (κ3) is 2.00. The number of rotatable bonds is 2. The average Bonchev–Trinajstić information content (AvgIpc) is 2.71. The van der Waals surface area contributed by atoms with Crippen molar-refractivity contribution in [1.82, 2.24) is 0 Å². The maximum Gasteiger partial charge on any atom is 0.308 e. The van der Waals surface area contributed by atoms with E-state index < -0.39 is 6.10 Å².